The number of ether oxygens (including phenoxy) is 2. The van der Waals surface area contributed by atoms with E-state index in [0.29, 0.717) is 22.4 Å². The van der Waals surface area contributed by atoms with E-state index in [4.69, 9.17) is 26.8 Å². The molecule has 0 radical (unpaired) electrons. The van der Waals surface area contributed by atoms with Crippen LogP contribution < -0.4 is 15.2 Å². The first-order valence-electron chi connectivity index (χ1n) is 6.70. The summed E-state index contributed by atoms with van der Waals surface area (Å²) in [7, 11) is 3.18. The zero-order valence-electron chi connectivity index (χ0n) is 12.2. The Labute approximate surface area is 121 Å². The third kappa shape index (κ3) is 4.29. The topological polar surface area (TPSA) is 44.5 Å². The molecule has 0 fully saturated rings. The second-order valence-electron chi connectivity index (χ2n) is 4.97. The zero-order valence-corrected chi connectivity index (χ0v) is 13.0. The molecule has 0 saturated carbocycles. The maximum atomic E-state index is 6.26. The molecule has 3 nitrogen and oxygen atoms in total. The van der Waals surface area contributed by atoms with Crippen LogP contribution in [0.2, 0.25) is 5.02 Å². The van der Waals surface area contributed by atoms with E-state index < -0.39 is 0 Å². The van der Waals surface area contributed by atoms with Crippen LogP contribution in [0, 0.1) is 5.92 Å². The summed E-state index contributed by atoms with van der Waals surface area (Å²) in [6, 6.07) is 3.75. The summed E-state index contributed by atoms with van der Waals surface area (Å²) in [5, 5.41) is 0.537. The van der Waals surface area contributed by atoms with Crippen LogP contribution in [0.3, 0.4) is 0 Å². The Bertz CT molecular complexity index is 409. The van der Waals surface area contributed by atoms with Gasteiger partial charge >= 0.3 is 0 Å². The summed E-state index contributed by atoms with van der Waals surface area (Å²) in [5.41, 5.74) is 7.25. The number of halogens is 1. The number of methoxy groups -OCH3 is 2. The van der Waals surface area contributed by atoms with Crippen molar-refractivity contribution in [2.24, 2.45) is 11.7 Å². The number of hydrogen-bond acceptors (Lipinski definition) is 3. The van der Waals surface area contributed by atoms with Gasteiger partial charge in [-0.2, -0.15) is 0 Å². The van der Waals surface area contributed by atoms with E-state index in [1.165, 1.54) is 12.8 Å². The third-order valence-electron chi connectivity index (χ3n) is 3.32. The Kier molecular flexibility index (Phi) is 6.46. The van der Waals surface area contributed by atoms with E-state index in [2.05, 4.69) is 13.8 Å². The molecule has 2 N–H and O–H groups in total. The minimum absolute atomic E-state index is 0.0288. The third-order valence-corrected chi connectivity index (χ3v) is 3.60. The molecule has 4 heteroatoms. The molecular formula is C15H24ClNO2. The fourth-order valence-electron chi connectivity index (χ4n) is 2.33. The predicted molar refractivity (Wildman–Crippen MR) is 80.2 cm³/mol. The fraction of sp³-hybridized carbons (Fsp3) is 0.600. The second kappa shape index (κ2) is 7.61. The molecule has 1 aromatic carbocycles. The van der Waals surface area contributed by atoms with Crippen molar-refractivity contribution in [1.29, 1.82) is 0 Å². The maximum Gasteiger partial charge on any atom is 0.179 e. The van der Waals surface area contributed by atoms with E-state index in [1.807, 2.05) is 12.1 Å². The van der Waals surface area contributed by atoms with Crippen molar-refractivity contribution in [1.82, 2.24) is 0 Å². The van der Waals surface area contributed by atoms with Crippen LogP contribution in [0.4, 0.5) is 0 Å². The highest BCUT2D eigenvalue weighted by molar-refractivity contribution is 6.32. The molecule has 0 aliphatic heterocycles. The molecule has 0 spiro atoms. The van der Waals surface area contributed by atoms with E-state index in [1.54, 1.807) is 14.2 Å². The van der Waals surface area contributed by atoms with Gasteiger partial charge in [-0.15, -0.1) is 0 Å². The monoisotopic (exact) mass is 285 g/mol. The number of nitrogens with two attached hydrogens (primary N) is 1. The van der Waals surface area contributed by atoms with Gasteiger partial charge in [0.1, 0.15) is 0 Å². The molecule has 1 aromatic rings. The summed E-state index contributed by atoms with van der Waals surface area (Å²) < 4.78 is 10.5. The van der Waals surface area contributed by atoms with Gasteiger partial charge in [-0.05, 0) is 30.0 Å². The first-order valence-corrected chi connectivity index (χ1v) is 7.08. The summed E-state index contributed by atoms with van der Waals surface area (Å²) in [6.45, 7) is 4.42. The number of benzene rings is 1. The standard InChI is InChI=1S/C15H24ClNO2/c1-5-6-10(2)7-13(17)11-8-12(16)15(19-4)14(9-11)18-3/h8-10,13H,5-7,17H2,1-4H3. The summed E-state index contributed by atoms with van der Waals surface area (Å²) >= 11 is 6.19. The number of hydrogen-bond donors (Lipinski definition) is 1. The zero-order chi connectivity index (χ0) is 14.4. The van der Waals surface area contributed by atoms with Gasteiger partial charge in [-0.25, -0.2) is 0 Å². The van der Waals surface area contributed by atoms with Gasteiger partial charge in [0.25, 0.3) is 0 Å². The first-order chi connectivity index (χ1) is 9.03. The van der Waals surface area contributed by atoms with E-state index in [9.17, 15) is 0 Å². The summed E-state index contributed by atoms with van der Waals surface area (Å²) in [5.74, 6) is 1.79. The van der Waals surface area contributed by atoms with E-state index >= 15 is 0 Å². The van der Waals surface area contributed by atoms with Crippen molar-refractivity contribution in [2.45, 2.75) is 39.2 Å². The van der Waals surface area contributed by atoms with Gasteiger partial charge < -0.3 is 15.2 Å². The average Bonchev–Trinajstić information content (AvgIpc) is 2.37. The molecule has 0 aliphatic rings. The van der Waals surface area contributed by atoms with Crippen molar-refractivity contribution in [2.75, 3.05) is 14.2 Å². The Morgan fingerprint density at radius 3 is 2.47 bits per heavy atom. The summed E-state index contributed by atoms with van der Waals surface area (Å²) in [6.07, 6.45) is 3.31. The quantitative estimate of drug-likeness (QED) is 0.817. The van der Waals surface area contributed by atoms with Crippen LogP contribution in [0.1, 0.15) is 44.7 Å². The maximum absolute atomic E-state index is 6.26. The van der Waals surface area contributed by atoms with Crippen LogP contribution >= 0.6 is 11.6 Å². The smallest absolute Gasteiger partial charge is 0.179 e. The predicted octanol–water partition coefficient (Wildman–Crippen LogP) is 4.18. The normalized spacial score (nSPS) is 14.0. The molecular weight excluding hydrogens is 262 g/mol. The van der Waals surface area contributed by atoms with Gasteiger partial charge in [0.05, 0.1) is 19.2 Å². The molecule has 0 aliphatic carbocycles. The van der Waals surface area contributed by atoms with Gasteiger partial charge in [0.15, 0.2) is 11.5 Å². The van der Waals surface area contributed by atoms with Gasteiger partial charge in [-0.1, -0.05) is 38.3 Å². The first kappa shape index (κ1) is 16.1. The highest BCUT2D eigenvalue weighted by atomic mass is 35.5. The van der Waals surface area contributed by atoms with Crippen LogP contribution in [-0.2, 0) is 0 Å². The lowest BCUT2D eigenvalue weighted by Crippen LogP contribution is -2.14. The van der Waals surface area contributed by atoms with Gasteiger partial charge in [0, 0.05) is 6.04 Å². The highest BCUT2D eigenvalue weighted by Crippen LogP contribution is 2.38. The van der Waals surface area contributed by atoms with E-state index in [-0.39, 0.29) is 6.04 Å². The SMILES string of the molecule is CCCC(C)CC(N)c1cc(Cl)c(OC)c(OC)c1. The molecule has 19 heavy (non-hydrogen) atoms. The van der Waals surface area contributed by atoms with E-state index in [0.717, 1.165) is 12.0 Å². The van der Waals surface area contributed by atoms with Crippen molar-refractivity contribution < 1.29 is 9.47 Å². The largest absolute Gasteiger partial charge is 0.493 e. The Balaban J connectivity index is 2.91. The molecule has 2 unspecified atom stereocenters. The Morgan fingerprint density at radius 2 is 1.95 bits per heavy atom. The minimum Gasteiger partial charge on any atom is -0.493 e. The average molecular weight is 286 g/mol. The summed E-state index contributed by atoms with van der Waals surface area (Å²) in [4.78, 5) is 0. The lowest BCUT2D eigenvalue weighted by Gasteiger charge is -2.19. The van der Waals surface area contributed by atoms with Crippen molar-refractivity contribution >= 4 is 11.6 Å². The lowest BCUT2D eigenvalue weighted by atomic mass is 9.93. The van der Waals surface area contributed by atoms with Crippen molar-refractivity contribution in [3.63, 3.8) is 0 Å². The molecule has 0 heterocycles. The Hall–Kier alpha value is -0.930. The molecule has 0 bridgehead atoms. The molecule has 0 amide bonds. The van der Waals surface area contributed by atoms with Crippen LogP contribution in [-0.4, -0.2) is 14.2 Å². The van der Waals surface area contributed by atoms with Crippen LogP contribution in [0.15, 0.2) is 12.1 Å². The van der Waals surface area contributed by atoms with Crippen molar-refractivity contribution in [3.05, 3.63) is 22.7 Å². The molecule has 1 rings (SSSR count). The van der Waals surface area contributed by atoms with Gasteiger partial charge in [0.2, 0.25) is 0 Å². The lowest BCUT2D eigenvalue weighted by molar-refractivity contribution is 0.353. The Morgan fingerprint density at radius 1 is 1.26 bits per heavy atom. The molecule has 0 saturated heterocycles. The highest BCUT2D eigenvalue weighted by Gasteiger charge is 2.16. The molecule has 108 valence electrons. The van der Waals surface area contributed by atoms with Gasteiger partial charge in [-0.3, -0.25) is 0 Å². The minimum atomic E-state index is -0.0288. The number of rotatable bonds is 7. The van der Waals surface area contributed by atoms with Crippen LogP contribution in [0.5, 0.6) is 11.5 Å². The van der Waals surface area contributed by atoms with Crippen molar-refractivity contribution in [3.8, 4) is 11.5 Å². The second-order valence-corrected chi connectivity index (χ2v) is 5.38. The van der Waals surface area contributed by atoms with Crippen LogP contribution in [0.25, 0.3) is 0 Å². The molecule has 2 atom stereocenters. The fourth-order valence-corrected chi connectivity index (χ4v) is 2.63. The molecule has 0 aromatic heterocycles.